The standard InChI is InChI=1S/C24H19N3OS/c28-24(23-12-7-17-29-23)26-25-18-19-13-15-22(16-14-19)27(20-8-3-1-4-9-20)21-10-5-2-6-11-21/h1-18H,(H,26,28)/b25-18+. The van der Waals surface area contributed by atoms with E-state index in [1.807, 2.05) is 72.1 Å². The molecule has 0 aliphatic heterocycles. The first-order valence-corrected chi connectivity index (χ1v) is 10.1. The van der Waals surface area contributed by atoms with Crippen molar-refractivity contribution in [2.45, 2.75) is 0 Å². The monoisotopic (exact) mass is 397 g/mol. The zero-order chi connectivity index (χ0) is 19.9. The maximum absolute atomic E-state index is 11.9. The van der Waals surface area contributed by atoms with Gasteiger partial charge in [-0.3, -0.25) is 4.79 Å². The van der Waals surface area contributed by atoms with Gasteiger partial charge in [0.2, 0.25) is 0 Å². The van der Waals surface area contributed by atoms with E-state index in [-0.39, 0.29) is 5.91 Å². The number of nitrogens with one attached hydrogen (secondary N) is 1. The van der Waals surface area contributed by atoms with Crippen LogP contribution in [0.4, 0.5) is 17.1 Å². The lowest BCUT2D eigenvalue weighted by molar-refractivity contribution is 0.0959. The molecule has 1 heterocycles. The molecular weight excluding hydrogens is 378 g/mol. The van der Waals surface area contributed by atoms with Gasteiger partial charge in [0.15, 0.2) is 0 Å². The Kier molecular flexibility index (Phi) is 5.78. The molecule has 1 N–H and O–H groups in total. The van der Waals surface area contributed by atoms with Crippen molar-refractivity contribution >= 4 is 40.5 Å². The highest BCUT2D eigenvalue weighted by Crippen LogP contribution is 2.33. The summed E-state index contributed by atoms with van der Waals surface area (Å²) in [6, 6.07) is 32.1. The van der Waals surface area contributed by atoms with Crippen LogP contribution in [0.5, 0.6) is 0 Å². The van der Waals surface area contributed by atoms with E-state index in [4.69, 9.17) is 0 Å². The Labute approximate surface area is 173 Å². The average Bonchev–Trinajstić information content (AvgIpc) is 3.32. The van der Waals surface area contributed by atoms with Gasteiger partial charge in [0, 0.05) is 17.1 Å². The predicted octanol–water partition coefficient (Wildman–Crippen LogP) is 5.98. The SMILES string of the molecule is O=C(N/N=C/c1ccc(N(c2ccccc2)c2ccccc2)cc1)c1cccs1. The van der Waals surface area contributed by atoms with E-state index in [1.54, 1.807) is 12.3 Å². The van der Waals surface area contributed by atoms with E-state index in [0.717, 1.165) is 22.6 Å². The van der Waals surface area contributed by atoms with Crippen molar-refractivity contribution in [1.82, 2.24) is 5.43 Å². The number of benzene rings is 3. The summed E-state index contributed by atoms with van der Waals surface area (Å²) in [6.07, 6.45) is 1.64. The summed E-state index contributed by atoms with van der Waals surface area (Å²) < 4.78 is 0. The summed E-state index contributed by atoms with van der Waals surface area (Å²) in [5, 5.41) is 5.92. The summed E-state index contributed by atoms with van der Waals surface area (Å²) >= 11 is 1.39. The molecule has 1 amide bonds. The van der Waals surface area contributed by atoms with Gasteiger partial charge in [0.05, 0.1) is 11.1 Å². The van der Waals surface area contributed by atoms with E-state index in [2.05, 4.69) is 39.7 Å². The van der Waals surface area contributed by atoms with Crippen LogP contribution < -0.4 is 10.3 Å². The fraction of sp³-hybridized carbons (Fsp3) is 0. The molecule has 0 fully saturated rings. The smallest absolute Gasteiger partial charge is 0.281 e. The van der Waals surface area contributed by atoms with Crippen LogP contribution in [0.3, 0.4) is 0 Å². The molecule has 1 aromatic heterocycles. The molecule has 5 heteroatoms. The molecule has 0 unspecified atom stereocenters. The third-order valence-electron chi connectivity index (χ3n) is 4.30. The number of hydrazone groups is 1. The van der Waals surface area contributed by atoms with E-state index in [1.165, 1.54) is 11.3 Å². The topological polar surface area (TPSA) is 44.7 Å². The maximum Gasteiger partial charge on any atom is 0.281 e. The van der Waals surface area contributed by atoms with Crippen molar-refractivity contribution in [3.63, 3.8) is 0 Å². The van der Waals surface area contributed by atoms with Crippen molar-refractivity contribution in [2.75, 3.05) is 4.90 Å². The Morgan fingerprint density at radius 3 is 1.90 bits per heavy atom. The Morgan fingerprint density at radius 1 is 0.759 bits per heavy atom. The molecule has 4 aromatic rings. The van der Waals surface area contributed by atoms with Gasteiger partial charge in [-0.25, -0.2) is 5.43 Å². The lowest BCUT2D eigenvalue weighted by Gasteiger charge is -2.25. The second-order valence-corrected chi connectivity index (χ2v) is 7.22. The van der Waals surface area contributed by atoms with Crippen LogP contribution in [-0.2, 0) is 0 Å². The number of carbonyl (C=O) groups excluding carboxylic acids is 1. The van der Waals surface area contributed by atoms with Crippen molar-refractivity contribution in [1.29, 1.82) is 0 Å². The summed E-state index contributed by atoms with van der Waals surface area (Å²) in [5.41, 5.74) is 6.67. The van der Waals surface area contributed by atoms with Gasteiger partial charge >= 0.3 is 0 Å². The van der Waals surface area contributed by atoms with Gasteiger partial charge < -0.3 is 4.90 Å². The van der Waals surface area contributed by atoms with Crippen LogP contribution in [0, 0.1) is 0 Å². The number of carbonyl (C=O) groups is 1. The fourth-order valence-electron chi connectivity index (χ4n) is 2.94. The zero-order valence-corrected chi connectivity index (χ0v) is 16.4. The van der Waals surface area contributed by atoms with Crippen LogP contribution in [-0.4, -0.2) is 12.1 Å². The molecular formula is C24H19N3OS. The molecule has 0 aliphatic carbocycles. The lowest BCUT2D eigenvalue weighted by atomic mass is 10.1. The number of hydrogen-bond donors (Lipinski definition) is 1. The van der Waals surface area contributed by atoms with E-state index in [9.17, 15) is 4.79 Å². The highest BCUT2D eigenvalue weighted by atomic mass is 32.1. The van der Waals surface area contributed by atoms with Crippen LogP contribution >= 0.6 is 11.3 Å². The van der Waals surface area contributed by atoms with Crippen molar-refractivity contribution in [3.8, 4) is 0 Å². The first kappa shape index (κ1) is 18.7. The van der Waals surface area contributed by atoms with E-state index in [0.29, 0.717) is 4.88 Å². The molecule has 0 bridgehead atoms. The summed E-state index contributed by atoms with van der Waals surface area (Å²) in [5.74, 6) is -0.202. The third-order valence-corrected chi connectivity index (χ3v) is 5.17. The number of nitrogens with zero attached hydrogens (tertiary/aromatic N) is 2. The summed E-state index contributed by atoms with van der Waals surface area (Å²) in [4.78, 5) is 14.8. The fourth-order valence-corrected chi connectivity index (χ4v) is 3.55. The van der Waals surface area contributed by atoms with Crippen molar-refractivity contribution < 1.29 is 4.79 Å². The number of para-hydroxylation sites is 2. The molecule has 0 radical (unpaired) electrons. The molecule has 0 spiro atoms. The number of rotatable bonds is 6. The van der Waals surface area contributed by atoms with E-state index >= 15 is 0 Å². The van der Waals surface area contributed by atoms with E-state index < -0.39 is 0 Å². The third kappa shape index (κ3) is 4.59. The van der Waals surface area contributed by atoms with Gasteiger partial charge in [-0.2, -0.15) is 5.10 Å². The Balaban J connectivity index is 1.53. The number of hydrogen-bond acceptors (Lipinski definition) is 4. The molecule has 0 aliphatic rings. The summed E-state index contributed by atoms with van der Waals surface area (Å²) in [6.45, 7) is 0. The van der Waals surface area contributed by atoms with Crippen LogP contribution in [0.25, 0.3) is 0 Å². The normalized spacial score (nSPS) is 10.8. The average molecular weight is 398 g/mol. The molecule has 3 aromatic carbocycles. The van der Waals surface area contributed by atoms with Gasteiger partial charge in [0.1, 0.15) is 0 Å². The summed E-state index contributed by atoms with van der Waals surface area (Å²) in [7, 11) is 0. The minimum Gasteiger partial charge on any atom is -0.311 e. The largest absolute Gasteiger partial charge is 0.311 e. The molecule has 142 valence electrons. The molecule has 4 rings (SSSR count). The number of anilines is 3. The second-order valence-electron chi connectivity index (χ2n) is 6.27. The van der Waals surface area contributed by atoms with Crippen LogP contribution in [0.2, 0.25) is 0 Å². The Morgan fingerprint density at radius 2 is 1.34 bits per heavy atom. The minimum atomic E-state index is -0.202. The van der Waals surface area contributed by atoms with Gasteiger partial charge in [-0.05, 0) is 53.4 Å². The minimum absolute atomic E-state index is 0.202. The maximum atomic E-state index is 11.9. The van der Waals surface area contributed by atoms with Crippen LogP contribution in [0.1, 0.15) is 15.2 Å². The van der Waals surface area contributed by atoms with Gasteiger partial charge in [0.25, 0.3) is 5.91 Å². The molecule has 29 heavy (non-hydrogen) atoms. The van der Waals surface area contributed by atoms with Crippen molar-refractivity contribution in [3.05, 3.63) is 113 Å². The molecule has 0 saturated heterocycles. The van der Waals surface area contributed by atoms with Gasteiger partial charge in [-0.15, -0.1) is 11.3 Å². The zero-order valence-electron chi connectivity index (χ0n) is 15.6. The number of amides is 1. The predicted molar refractivity (Wildman–Crippen MR) is 121 cm³/mol. The highest BCUT2D eigenvalue weighted by Gasteiger charge is 2.11. The molecule has 0 atom stereocenters. The van der Waals surface area contributed by atoms with Gasteiger partial charge in [-0.1, -0.05) is 54.6 Å². The first-order valence-electron chi connectivity index (χ1n) is 9.18. The van der Waals surface area contributed by atoms with Crippen LogP contribution in [0.15, 0.2) is 108 Å². The number of thiophene rings is 1. The molecule has 0 saturated carbocycles. The quantitative estimate of drug-likeness (QED) is 0.321. The Hall–Kier alpha value is -3.70. The molecule has 4 nitrogen and oxygen atoms in total. The first-order chi connectivity index (χ1) is 14.3. The van der Waals surface area contributed by atoms with Crippen molar-refractivity contribution in [2.24, 2.45) is 5.10 Å². The lowest BCUT2D eigenvalue weighted by Crippen LogP contribution is -2.16. The highest BCUT2D eigenvalue weighted by molar-refractivity contribution is 7.12. The second kappa shape index (κ2) is 8.99. The Bertz CT molecular complexity index is 1040.